The van der Waals surface area contributed by atoms with Gasteiger partial charge in [0.05, 0.1) is 5.92 Å². The molecule has 0 radical (unpaired) electrons. The van der Waals surface area contributed by atoms with Gasteiger partial charge >= 0.3 is 0 Å². The first-order chi connectivity index (χ1) is 15.2. The molecule has 0 aromatic heterocycles. The van der Waals surface area contributed by atoms with Crippen LogP contribution in [0.5, 0.6) is 0 Å². The molecule has 2 N–H and O–H groups in total. The van der Waals surface area contributed by atoms with Crippen LogP contribution in [0.25, 0.3) is 5.57 Å². The molecule has 0 bridgehead atoms. The fourth-order valence-corrected chi connectivity index (χ4v) is 4.40. The van der Waals surface area contributed by atoms with Crippen molar-refractivity contribution in [1.29, 1.82) is 0 Å². The Kier molecular flexibility index (Phi) is 7.03. The Morgan fingerprint density at radius 3 is 2.74 bits per heavy atom. The number of hydrogen-bond donors (Lipinski definition) is 2. The zero-order valence-corrected chi connectivity index (χ0v) is 18.0. The Morgan fingerprint density at radius 1 is 1.06 bits per heavy atom. The van der Waals surface area contributed by atoms with Crippen molar-refractivity contribution in [3.63, 3.8) is 0 Å². The monoisotopic (exact) mass is 417 g/mol. The highest BCUT2D eigenvalue weighted by Crippen LogP contribution is 2.28. The summed E-state index contributed by atoms with van der Waals surface area (Å²) in [6.07, 6.45) is 6.38. The van der Waals surface area contributed by atoms with Crippen molar-refractivity contribution in [3.8, 4) is 0 Å². The first kappa shape index (κ1) is 21.2. The van der Waals surface area contributed by atoms with Gasteiger partial charge in [0.2, 0.25) is 11.8 Å². The molecule has 1 fully saturated rings. The van der Waals surface area contributed by atoms with E-state index in [1.807, 2.05) is 29.2 Å². The Balaban J connectivity index is 1.27. The number of allylic oxidation sites excluding steroid dienone is 1. The Morgan fingerprint density at radius 2 is 1.87 bits per heavy atom. The molecule has 31 heavy (non-hydrogen) atoms. The summed E-state index contributed by atoms with van der Waals surface area (Å²) in [5.41, 5.74) is 4.87. The van der Waals surface area contributed by atoms with Crippen molar-refractivity contribution in [3.05, 3.63) is 71.8 Å². The molecule has 0 saturated carbocycles. The topological polar surface area (TPSA) is 61.4 Å². The Bertz CT molecular complexity index is 939. The van der Waals surface area contributed by atoms with E-state index in [1.165, 1.54) is 16.7 Å². The van der Waals surface area contributed by atoms with Crippen LogP contribution in [0.1, 0.15) is 36.8 Å². The molecule has 2 aliphatic heterocycles. The van der Waals surface area contributed by atoms with Crippen LogP contribution < -0.4 is 10.6 Å². The van der Waals surface area contributed by atoms with Gasteiger partial charge in [-0.2, -0.15) is 0 Å². The third-order valence-corrected chi connectivity index (χ3v) is 6.15. The summed E-state index contributed by atoms with van der Waals surface area (Å²) >= 11 is 0. The average molecular weight is 418 g/mol. The number of para-hydroxylation sites is 1. The minimum Gasteiger partial charge on any atom is -0.385 e. The second-order valence-electron chi connectivity index (χ2n) is 8.36. The first-order valence-corrected chi connectivity index (χ1v) is 11.3. The van der Waals surface area contributed by atoms with Gasteiger partial charge in [0.1, 0.15) is 0 Å². The normalized spacial score (nSPS) is 20.1. The van der Waals surface area contributed by atoms with E-state index in [9.17, 15) is 9.59 Å². The fraction of sp³-hybridized carbons (Fsp3) is 0.385. The SMILES string of the molecule is O=C(NCC/C1=C/CCCNc2ccccc21)C1CC(=O)N(CCc2ccccc2)C1. The highest BCUT2D eigenvalue weighted by Gasteiger charge is 2.33. The van der Waals surface area contributed by atoms with Crippen LogP contribution in [-0.2, 0) is 16.0 Å². The van der Waals surface area contributed by atoms with Crippen LogP contribution in [0.15, 0.2) is 60.7 Å². The van der Waals surface area contributed by atoms with Gasteiger partial charge in [0, 0.05) is 43.9 Å². The van der Waals surface area contributed by atoms with E-state index in [4.69, 9.17) is 0 Å². The zero-order valence-electron chi connectivity index (χ0n) is 18.0. The number of likely N-dealkylation sites (tertiary alicyclic amines) is 1. The lowest BCUT2D eigenvalue weighted by Gasteiger charge is -2.19. The molecule has 162 valence electrons. The van der Waals surface area contributed by atoms with Gasteiger partial charge in [-0.25, -0.2) is 0 Å². The van der Waals surface area contributed by atoms with Crippen LogP contribution in [-0.4, -0.2) is 42.9 Å². The van der Waals surface area contributed by atoms with Crippen LogP contribution in [0.2, 0.25) is 0 Å². The van der Waals surface area contributed by atoms with Crippen molar-refractivity contribution in [2.75, 3.05) is 31.5 Å². The van der Waals surface area contributed by atoms with Crippen LogP contribution in [0, 0.1) is 5.92 Å². The summed E-state index contributed by atoms with van der Waals surface area (Å²) in [4.78, 5) is 26.9. The van der Waals surface area contributed by atoms with Crippen molar-refractivity contribution in [2.24, 2.45) is 5.92 Å². The number of rotatable bonds is 7. The number of anilines is 1. The highest BCUT2D eigenvalue weighted by molar-refractivity contribution is 5.89. The van der Waals surface area contributed by atoms with Gasteiger partial charge in [-0.05, 0) is 42.9 Å². The van der Waals surface area contributed by atoms with Crippen molar-refractivity contribution in [2.45, 2.75) is 32.1 Å². The molecule has 2 heterocycles. The molecule has 2 aliphatic rings. The predicted octanol–water partition coefficient (Wildman–Crippen LogP) is 3.87. The van der Waals surface area contributed by atoms with Crippen LogP contribution >= 0.6 is 0 Å². The molecule has 1 atom stereocenters. The number of nitrogens with zero attached hydrogens (tertiary/aromatic N) is 1. The number of amides is 2. The molecule has 2 amide bonds. The average Bonchev–Trinajstić information content (AvgIpc) is 3.16. The molecule has 2 aromatic carbocycles. The smallest absolute Gasteiger partial charge is 0.225 e. The second-order valence-corrected chi connectivity index (χ2v) is 8.36. The maximum atomic E-state index is 12.7. The molecular formula is C26H31N3O2. The van der Waals surface area contributed by atoms with Gasteiger partial charge in [0.15, 0.2) is 0 Å². The van der Waals surface area contributed by atoms with E-state index < -0.39 is 0 Å². The Hall–Kier alpha value is -3.08. The lowest BCUT2D eigenvalue weighted by molar-refractivity contribution is -0.129. The molecule has 4 rings (SSSR count). The predicted molar refractivity (Wildman–Crippen MR) is 125 cm³/mol. The van der Waals surface area contributed by atoms with E-state index in [0.717, 1.165) is 37.9 Å². The standard InChI is InChI=1S/C26H31N3O2/c30-25-18-22(19-29(25)17-14-20-8-2-1-3-9-20)26(31)28-16-13-21-10-6-7-15-27-24-12-5-4-11-23(21)24/h1-5,8-12,22,27H,6-7,13-19H2,(H,28,31)/b21-10-. The lowest BCUT2D eigenvalue weighted by atomic mass is 9.97. The largest absolute Gasteiger partial charge is 0.385 e. The summed E-state index contributed by atoms with van der Waals surface area (Å²) in [5, 5.41) is 6.58. The molecule has 1 unspecified atom stereocenters. The molecule has 5 nitrogen and oxygen atoms in total. The van der Waals surface area contributed by atoms with Crippen molar-refractivity contribution >= 4 is 23.1 Å². The summed E-state index contributed by atoms with van der Waals surface area (Å²) in [7, 11) is 0. The number of benzene rings is 2. The van der Waals surface area contributed by atoms with Gasteiger partial charge in [-0.3, -0.25) is 9.59 Å². The van der Waals surface area contributed by atoms with Gasteiger partial charge in [-0.15, -0.1) is 0 Å². The molecule has 2 aromatic rings. The van der Waals surface area contributed by atoms with Crippen LogP contribution in [0.3, 0.4) is 0 Å². The van der Waals surface area contributed by atoms with E-state index in [2.05, 4.69) is 47.0 Å². The van der Waals surface area contributed by atoms with E-state index in [-0.39, 0.29) is 17.7 Å². The number of fused-ring (bicyclic) bond motifs is 1. The molecule has 5 heteroatoms. The number of carbonyl (C=O) groups is 2. The number of hydrogen-bond acceptors (Lipinski definition) is 3. The summed E-state index contributed by atoms with van der Waals surface area (Å²) in [5.74, 6) is -0.171. The minimum absolute atomic E-state index is 0.00610. The fourth-order valence-electron chi connectivity index (χ4n) is 4.40. The quantitative estimate of drug-likeness (QED) is 0.719. The molecule has 0 aliphatic carbocycles. The van der Waals surface area contributed by atoms with E-state index >= 15 is 0 Å². The summed E-state index contributed by atoms with van der Waals surface area (Å²) in [6.45, 7) is 2.76. The zero-order chi connectivity index (χ0) is 21.5. The lowest BCUT2D eigenvalue weighted by Crippen LogP contribution is -2.34. The van der Waals surface area contributed by atoms with Crippen LogP contribution in [0.4, 0.5) is 5.69 Å². The summed E-state index contributed by atoms with van der Waals surface area (Å²) in [6, 6.07) is 18.5. The maximum Gasteiger partial charge on any atom is 0.225 e. The molecule has 0 spiro atoms. The molecule has 1 saturated heterocycles. The Labute approximate surface area is 184 Å². The van der Waals surface area contributed by atoms with E-state index in [1.54, 1.807) is 0 Å². The highest BCUT2D eigenvalue weighted by atomic mass is 16.2. The van der Waals surface area contributed by atoms with Gasteiger partial charge < -0.3 is 15.5 Å². The third-order valence-electron chi connectivity index (χ3n) is 6.15. The number of nitrogens with one attached hydrogen (secondary N) is 2. The second kappa shape index (κ2) is 10.3. The third kappa shape index (κ3) is 5.54. The minimum atomic E-state index is -0.247. The molecular weight excluding hydrogens is 386 g/mol. The van der Waals surface area contributed by atoms with Gasteiger partial charge in [0.25, 0.3) is 0 Å². The first-order valence-electron chi connectivity index (χ1n) is 11.3. The van der Waals surface area contributed by atoms with Crippen molar-refractivity contribution < 1.29 is 9.59 Å². The van der Waals surface area contributed by atoms with Gasteiger partial charge in [-0.1, -0.05) is 54.6 Å². The maximum absolute atomic E-state index is 12.7. The summed E-state index contributed by atoms with van der Waals surface area (Å²) < 4.78 is 0. The van der Waals surface area contributed by atoms with E-state index in [0.29, 0.717) is 26.1 Å². The van der Waals surface area contributed by atoms with Crippen molar-refractivity contribution in [1.82, 2.24) is 10.2 Å². The number of carbonyl (C=O) groups excluding carboxylic acids is 2.